The highest BCUT2D eigenvalue weighted by atomic mass is 19.4. The predicted octanol–water partition coefficient (Wildman–Crippen LogP) is 7.52. The zero-order chi connectivity index (χ0) is 31.5. The molecule has 6 aromatic heterocycles. The Morgan fingerprint density at radius 2 is 1.07 bits per heavy atom. The number of aromatic nitrogens is 8. The van der Waals surface area contributed by atoms with E-state index < -0.39 is 37.3 Å². The van der Waals surface area contributed by atoms with Gasteiger partial charge < -0.3 is 19.1 Å². The van der Waals surface area contributed by atoms with Gasteiger partial charge in [-0.3, -0.25) is 0 Å². The molecule has 0 aromatic carbocycles. The van der Waals surface area contributed by atoms with Gasteiger partial charge in [-0.25, -0.2) is 19.9 Å². The van der Waals surface area contributed by atoms with Crippen molar-refractivity contribution in [3.8, 4) is 34.7 Å². The van der Waals surface area contributed by atoms with E-state index in [0.29, 0.717) is 33.8 Å². The van der Waals surface area contributed by atoms with Gasteiger partial charge in [0.2, 0.25) is 0 Å². The Bertz CT molecular complexity index is 1820. The van der Waals surface area contributed by atoms with Gasteiger partial charge in [0.05, 0.1) is 36.4 Å². The molecule has 0 radical (unpaired) electrons. The van der Waals surface area contributed by atoms with Crippen LogP contribution in [0.2, 0.25) is 0 Å². The molecule has 0 aliphatic carbocycles. The highest BCUT2D eigenvalue weighted by molar-refractivity contribution is 5.91. The van der Waals surface area contributed by atoms with Crippen LogP contribution >= 0.6 is 0 Å². The Hall–Kier alpha value is -5.64. The summed E-state index contributed by atoms with van der Waals surface area (Å²) in [7, 11) is 0. The lowest BCUT2D eigenvalue weighted by atomic mass is 10.2. The molecule has 0 amide bonds. The van der Waals surface area contributed by atoms with E-state index in [0.717, 1.165) is 19.9 Å². The highest BCUT2D eigenvalue weighted by Gasteiger charge is 2.41. The number of halogens is 6. The van der Waals surface area contributed by atoms with Crippen molar-refractivity contribution in [3.05, 3.63) is 74.1 Å². The lowest BCUT2D eigenvalue weighted by Crippen LogP contribution is -2.25. The van der Waals surface area contributed by atoms with Crippen LogP contribution in [0.5, 0.6) is 0 Å². The summed E-state index contributed by atoms with van der Waals surface area (Å²) >= 11 is 0. The fourth-order valence-electron chi connectivity index (χ4n) is 4.65. The third-order valence-corrected chi connectivity index (χ3v) is 6.73. The van der Waals surface area contributed by atoms with E-state index in [1.54, 1.807) is 48.8 Å². The standard InChI is InChI=1S/2C14H10F3N5.CH4/c2*15-14(16,17)11(1-4-18)22-6-3-9(7-22)12-10-2-5-19-13(10)21-8-20-12;/h2*2-3,5-8,11H,1H2,(H,19,20,21);1H4/t2*11-;/m10./s1. The van der Waals surface area contributed by atoms with E-state index in [1.165, 1.54) is 37.4 Å². The number of H-pyrrole nitrogens is 2. The number of nitrogens with zero attached hydrogens (tertiary/aromatic N) is 8. The maximum absolute atomic E-state index is 13.0. The molecule has 6 aromatic rings. The average molecular weight is 627 g/mol. The Balaban J connectivity index is 0.000000200. The first-order valence-corrected chi connectivity index (χ1v) is 12.8. The van der Waals surface area contributed by atoms with Crippen LogP contribution < -0.4 is 0 Å². The topological polar surface area (TPSA) is 141 Å². The Morgan fingerprint density at radius 1 is 0.667 bits per heavy atom. The molecule has 16 heteroatoms. The lowest BCUT2D eigenvalue weighted by molar-refractivity contribution is -0.167. The van der Waals surface area contributed by atoms with Gasteiger partial charge >= 0.3 is 12.4 Å². The first kappa shape index (κ1) is 32.3. The number of nitriles is 2. The average Bonchev–Trinajstić information content (AvgIpc) is 3.79. The third kappa shape index (κ3) is 6.80. The third-order valence-electron chi connectivity index (χ3n) is 6.73. The fraction of sp³-hybridized carbons (Fsp3) is 0.241. The second kappa shape index (κ2) is 12.9. The van der Waals surface area contributed by atoms with Crippen LogP contribution in [0.4, 0.5) is 26.3 Å². The van der Waals surface area contributed by atoms with Crippen molar-refractivity contribution in [2.45, 2.75) is 44.7 Å². The molecule has 0 fully saturated rings. The van der Waals surface area contributed by atoms with E-state index in [-0.39, 0.29) is 7.43 Å². The predicted molar refractivity (Wildman–Crippen MR) is 152 cm³/mol. The second-order valence-corrected chi connectivity index (χ2v) is 9.46. The molecule has 10 nitrogen and oxygen atoms in total. The van der Waals surface area contributed by atoms with Crippen molar-refractivity contribution in [1.29, 1.82) is 10.5 Å². The molecule has 0 spiro atoms. The zero-order valence-corrected chi connectivity index (χ0v) is 22.3. The van der Waals surface area contributed by atoms with Crippen molar-refractivity contribution in [1.82, 2.24) is 39.0 Å². The van der Waals surface area contributed by atoms with Gasteiger partial charge in [0, 0.05) is 59.1 Å². The largest absolute Gasteiger partial charge is 0.410 e. The minimum atomic E-state index is -4.49. The number of rotatable bonds is 6. The van der Waals surface area contributed by atoms with E-state index in [4.69, 9.17) is 10.5 Å². The monoisotopic (exact) mass is 626 g/mol. The normalized spacial score (nSPS) is 12.9. The Kier molecular flexibility index (Phi) is 9.27. The van der Waals surface area contributed by atoms with Crippen LogP contribution in [0.3, 0.4) is 0 Å². The van der Waals surface area contributed by atoms with Crippen molar-refractivity contribution < 1.29 is 26.3 Å². The van der Waals surface area contributed by atoms with E-state index >= 15 is 0 Å². The first-order chi connectivity index (χ1) is 21.0. The van der Waals surface area contributed by atoms with Gasteiger partial charge in [-0.15, -0.1) is 0 Å². The second-order valence-electron chi connectivity index (χ2n) is 9.46. The van der Waals surface area contributed by atoms with E-state index in [1.807, 2.05) is 0 Å². The smallest absolute Gasteiger partial charge is 0.346 e. The van der Waals surface area contributed by atoms with Gasteiger partial charge in [-0.2, -0.15) is 36.9 Å². The molecular weight excluding hydrogens is 602 g/mol. The molecular formula is C29H24F6N10. The number of nitrogens with one attached hydrogen (secondary N) is 2. The summed E-state index contributed by atoms with van der Waals surface area (Å²) in [6.07, 6.45) is 1.15. The minimum Gasteiger partial charge on any atom is -0.346 e. The molecule has 0 saturated carbocycles. The zero-order valence-electron chi connectivity index (χ0n) is 22.3. The molecule has 0 unspecified atom stereocenters. The Morgan fingerprint density at radius 3 is 1.42 bits per heavy atom. The molecule has 2 atom stereocenters. The summed E-state index contributed by atoms with van der Waals surface area (Å²) in [5.41, 5.74) is 3.40. The van der Waals surface area contributed by atoms with Gasteiger partial charge in [-0.1, -0.05) is 7.43 Å². The van der Waals surface area contributed by atoms with Crippen molar-refractivity contribution in [3.63, 3.8) is 0 Å². The van der Waals surface area contributed by atoms with E-state index in [2.05, 4.69) is 29.9 Å². The maximum Gasteiger partial charge on any atom is 0.410 e. The van der Waals surface area contributed by atoms with Crippen LogP contribution in [-0.2, 0) is 0 Å². The summed E-state index contributed by atoms with van der Waals surface area (Å²) in [4.78, 5) is 22.2. The summed E-state index contributed by atoms with van der Waals surface area (Å²) in [6.45, 7) is 0. The highest BCUT2D eigenvalue weighted by Crippen LogP contribution is 2.36. The summed E-state index contributed by atoms with van der Waals surface area (Å²) in [5, 5.41) is 18.7. The fourth-order valence-corrected chi connectivity index (χ4v) is 4.65. The number of fused-ring (bicyclic) bond motifs is 2. The van der Waals surface area contributed by atoms with Crippen LogP contribution in [0.15, 0.2) is 74.1 Å². The van der Waals surface area contributed by atoms with E-state index in [9.17, 15) is 26.3 Å². The minimum absolute atomic E-state index is 0. The molecule has 45 heavy (non-hydrogen) atoms. The lowest BCUT2D eigenvalue weighted by Gasteiger charge is -2.19. The van der Waals surface area contributed by atoms with Crippen molar-refractivity contribution in [2.24, 2.45) is 0 Å². The Labute approximate surface area is 251 Å². The van der Waals surface area contributed by atoms with Gasteiger partial charge in [0.15, 0.2) is 0 Å². The summed E-state index contributed by atoms with van der Waals surface area (Å²) < 4.78 is 80.0. The molecule has 0 aliphatic rings. The number of aromatic amines is 2. The van der Waals surface area contributed by atoms with Gasteiger partial charge in [0.25, 0.3) is 0 Å². The molecule has 0 bridgehead atoms. The quantitative estimate of drug-likeness (QED) is 0.183. The number of alkyl halides is 6. The molecule has 6 rings (SSSR count). The SMILES string of the molecule is C.N#CC[C@@H](n1ccc(-c2ncnc3[nH]ccc23)c1)C(F)(F)F.N#CC[C@H](n1ccc(-c2ncnc3[nH]ccc23)c1)C(F)(F)F. The molecule has 232 valence electrons. The number of hydrogen-bond donors (Lipinski definition) is 2. The first-order valence-electron chi connectivity index (χ1n) is 12.8. The maximum atomic E-state index is 13.0. The van der Waals surface area contributed by atoms with Crippen LogP contribution in [0.25, 0.3) is 44.6 Å². The van der Waals surface area contributed by atoms with Gasteiger partial charge in [0.1, 0.15) is 36.0 Å². The number of hydrogen-bond acceptors (Lipinski definition) is 6. The van der Waals surface area contributed by atoms with Crippen molar-refractivity contribution >= 4 is 22.1 Å². The molecule has 6 heterocycles. The summed E-state index contributed by atoms with van der Waals surface area (Å²) in [5.74, 6) is 0. The van der Waals surface area contributed by atoms with Crippen molar-refractivity contribution in [2.75, 3.05) is 0 Å². The summed E-state index contributed by atoms with van der Waals surface area (Å²) in [6, 6.07) is 6.04. The molecule has 2 N–H and O–H groups in total. The van der Waals surface area contributed by atoms with Gasteiger partial charge in [-0.05, 0) is 24.3 Å². The van der Waals surface area contributed by atoms with Crippen LogP contribution in [-0.4, -0.2) is 51.4 Å². The van der Waals surface area contributed by atoms with Crippen LogP contribution in [0.1, 0.15) is 32.4 Å². The molecule has 0 aliphatic heterocycles. The molecule has 0 saturated heterocycles. The van der Waals surface area contributed by atoms with Crippen LogP contribution in [0, 0.1) is 22.7 Å².